The predicted octanol–water partition coefficient (Wildman–Crippen LogP) is 6.23. The van der Waals surface area contributed by atoms with E-state index in [-0.39, 0.29) is 5.95 Å². The molecule has 0 atom stereocenters. The zero-order valence-corrected chi connectivity index (χ0v) is 23.4. The summed E-state index contributed by atoms with van der Waals surface area (Å²) >= 11 is 13.2. The van der Waals surface area contributed by atoms with E-state index in [0.29, 0.717) is 61.8 Å². The maximum Gasteiger partial charge on any atom is 0.220 e. The molecule has 2 heterocycles. The quantitative estimate of drug-likeness (QED) is 0.161. The Hall–Kier alpha value is -3.53. The van der Waals surface area contributed by atoms with Gasteiger partial charge in [-0.1, -0.05) is 42.3 Å². The molecule has 0 spiro atoms. The molecule has 202 valence electrons. The fourth-order valence-electron chi connectivity index (χ4n) is 3.59. The second-order valence-corrected chi connectivity index (χ2v) is 8.86. The van der Waals surface area contributed by atoms with Crippen LogP contribution in [0.1, 0.15) is 25.8 Å². The van der Waals surface area contributed by atoms with Crippen LogP contribution >= 0.6 is 23.2 Å². The van der Waals surface area contributed by atoms with E-state index >= 15 is 0 Å². The first-order valence-electron chi connectivity index (χ1n) is 12.0. The summed E-state index contributed by atoms with van der Waals surface area (Å²) in [6.45, 7) is 6.35. The van der Waals surface area contributed by atoms with Gasteiger partial charge in [-0.3, -0.25) is 0 Å². The molecule has 0 aliphatic heterocycles. The third-order valence-electron chi connectivity index (χ3n) is 5.38. The summed E-state index contributed by atoms with van der Waals surface area (Å²) in [4.78, 5) is 13.2. The van der Waals surface area contributed by atoms with Gasteiger partial charge in [0.2, 0.25) is 5.95 Å². The van der Waals surface area contributed by atoms with Crippen molar-refractivity contribution in [1.29, 1.82) is 0 Å². The molecule has 2 aromatic carbocycles. The molecule has 0 aliphatic carbocycles. The lowest BCUT2D eigenvalue weighted by atomic mass is 10.1. The summed E-state index contributed by atoms with van der Waals surface area (Å²) in [5, 5.41) is 4.62. The maximum absolute atomic E-state index is 6.61. The molecule has 0 unspecified atom stereocenters. The fourth-order valence-corrected chi connectivity index (χ4v) is 4.29. The molecule has 0 amide bonds. The zero-order chi connectivity index (χ0) is 27.7. The summed E-state index contributed by atoms with van der Waals surface area (Å²) < 4.78 is 15.8. The number of aromatic nitrogens is 3. The molecule has 38 heavy (non-hydrogen) atoms. The smallest absolute Gasteiger partial charge is 0.220 e. The Kier molecular flexibility index (Phi) is 10.6. The minimum absolute atomic E-state index is 0.137. The minimum Gasteiger partial charge on any atom is -0.495 e. The van der Waals surface area contributed by atoms with E-state index in [2.05, 4.69) is 22.2 Å². The van der Waals surface area contributed by atoms with Gasteiger partial charge in [0.25, 0.3) is 0 Å². The standard InChI is InChI=1S/C22H20Cl2N6O2.C5H12O/c1-31-15-8-16(32-2)19(24)17(18(15)23)14-7-12-10-28-22(26)30-20(12)21(29-14)27-9-11-4-3-5-13(25)6-11;1-3-5-6-4-2/h3-8,10H,9,25H2,1-2H3,(H,27,29)(H2,26,28,30);3-5H2,1-2H3. The topological polar surface area (TPSA) is 130 Å². The highest BCUT2D eigenvalue weighted by molar-refractivity contribution is 6.41. The van der Waals surface area contributed by atoms with Crippen LogP contribution in [-0.2, 0) is 11.3 Å². The number of pyridine rings is 1. The van der Waals surface area contributed by atoms with Crippen LogP contribution in [0.3, 0.4) is 0 Å². The first kappa shape index (κ1) is 29.0. The number of methoxy groups -OCH3 is 2. The van der Waals surface area contributed by atoms with Gasteiger partial charge in [0.1, 0.15) is 17.0 Å². The number of anilines is 3. The van der Waals surface area contributed by atoms with Gasteiger partial charge >= 0.3 is 0 Å². The van der Waals surface area contributed by atoms with Gasteiger partial charge in [0, 0.05) is 48.7 Å². The number of hydrogen-bond donors (Lipinski definition) is 3. The third-order valence-corrected chi connectivity index (χ3v) is 6.13. The van der Waals surface area contributed by atoms with Crippen molar-refractivity contribution in [3.05, 3.63) is 58.2 Å². The van der Waals surface area contributed by atoms with Crippen LogP contribution < -0.4 is 26.3 Å². The lowest BCUT2D eigenvalue weighted by Gasteiger charge is -2.16. The molecular weight excluding hydrogens is 527 g/mol. The SMILES string of the molecule is CCCOCC.COc1cc(OC)c(Cl)c(-c2cc3cnc(N)nc3c(NCc3cccc(N)c3)n2)c1Cl. The van der Waals surface area contributed by atoms with Gasteiger partial charge in [-0.25, -0.2) is 15.0 Å². The number of benzene rings is 2. The highest BCUT2D eigenvalue weighted by atomic mass is 35.5. The molecule has 4 aromatic rings. The van der Waals surface area contributed by atoms with Gasteiger partial charge in [-0.2, -0.15) is 0 Å². The summed E-state index contributed by atoms with van der Waals surface area (Å²) in [6.07, 6.45) is 2.75. The van der Waals surface area contributed by atoms with Crippen molar-refractivity contribution >= 4 is 51.6 Å². The molecule has 0 saturated heterocycles. The summed E-state index contributed by atoms with van der Waals surface area (Å²) in [5.41, 5.74) is 14.9. The molecular formula is C27H32Cl2N6O3. The van der Waals surface area contributed by atoms with E-state index in [1.807, 2.05) is 31.2 Å². The van der Waals surface area contributed by atoms with Crippen molar-refractivity contribution in [2.24, 2.45) is 0 Å². The van der Waals surface area contributed by atoms with Crippen molar-refractivity contribution in [3.8, 4) is 22.8 Å². The Morgan fingerprint density at radius 3 is 2.24 bits per heavy atom. The van der Waals surface area contributed by atoms with Crippen LogP contribution in [0.4, 0.5) is 17.5 Å². The van der Waals surface area contributed by atoms with E-state index < -0.39 is 0 Å². The van der Waals surface area contributed by atoms with E-state index in [0.717, 1.165) is 25.2 Å². The van der Waals surface area contributed by atoms with Crippen LogP contribution in [0.2, 0.25) is 10.0 Å². The summed E-state index contributed by atoms with van der Waals surface area (Å²) in [5.74, 6) is 1.45. The van der Waals surface area contributed by atoms with Crippen molar-refractivity contribution in [3.63, 3.8) is 0 Å². The second kappa shape index (κ2) is 13.9. The van der Waals surface area contributed by atoms with Gasteiger partial charge in [0.15, 0.2) is 5.82 Å². The molecule has 9 nitrogen and oxygen atoms in total. The minimum atomic E-state index is 0.137. The molecule has 2 aromatic heterocycles. The van der Waals surface area contributed by atoms with Gasteiger partial charge in [0.05, 0.1) is 30.0 Å². The fraction of sp³-hybridized carbons (Fsp3) is 0.296. The Morgan fingerprint density at radius 2 is 1.66 bits per heavy atom. The van der Waals surface area contributed by atoms with Crippen LogP contribution in [0.25, 0.3) is 22.2 Å². The highest BCUT2D eigenvalue weighted by Crippen LogP contribution is 2.46. The molecule has 5 N–H and O–H groups in total. The van der Waals surface area contributed by atoms with E-state index in [4.69, 9.17) is 53.9 Å². The number of nitrogens with one attached hydrogen (secondary N) is 1. The number of nitrogens with two attached hydrogens (primary N) is 2. The number of halogens is 2. The number of nitrogens with zero attached hydrogens (tertiary/aromatic N) is 3. The average molecular weight is 559 g/mol. The van der Waals surface area contributed by atoms with Crippen LogP contribution in [0, 0.1) is 0 Å². The Balaban J connectivity index is 0.000000599. The predicted molar refractivity (Wildman–Crippen MR) is 155 cm³/mol. The van der Waals surface area contributed by atoms with Crippen LogP contribution in [-0.4, -0.2) is 42.4 Å². The average Bonchev–Trinajstić information content (AvgIpc) is 2.91. The molecule has 0 aliphatic rings. The Labute approximate surface area is 232 Å². The summed E-state index contributed by atoms with van der Waals surface area (Å²) in [6, 6.07) is 11.0. The van der Waals surface area contributed by atoms with Gasteiger partial charge in [-0.05, 0) is 37.1 Å². The van der Waals surface area contributed by atoms with Gasteiger partial charge < -0.3 is 31.0 Å². The monoisotopic (exact) mass is 558 g/mol. The lowest BCUT2D eigenvalue weighted by Crippen LogP contribution is -2.06. The Morgan fingerprint density at radius 1 is 0.947 bits per heavy atom. The van der Waals surface area contributed by atoms with E-state index in [9.17, 15) is 0 Å². The van der Waals surface area contributed by atoms with Gasteiger partial charge in [-0.15, -0.1) is 0 Å². The molecule has 0 fully saturated rings. The first-order valence-corrected chi connectivity index (χ1v) is 12.8. The number of fused-ring (bicyclic) bond motifs is 1. The lowest BCUT2D eigenvalue weighted by molar-refractivity contribution is 0.148. The number of hydrogen-bond acceptors (Lipinski definition) is 9. The highest BCUT2D eigenvalue weighted by Gasteiger charge is 2.21. The maximum atomic E-state index is 6.61. The van der Waals surface area contributed by atoms with Crippen molar-refractivity contribution < 1.29 is 14.2 Å². The first-order chi connectivity index (χ1) is 18.3. The number of rotatable bonds is 9. The third kappa shape index (κ3) is 7.06. The van der Waals surface area contributed by atoms with Crippen LogP contribution in [0.5, 0.6) is 11.5 Å². The number of ether oxygens (including phenoxy) is 3. The van der Waals surface area contributed by atoms with E-state index in [1.165, 1.54) is 14.2 Å². The van der Waals surface area contributed by atoms with Crippen molar-refractivity contribution in [2.75, 3.05) is 44.2 Å². The molecule has 0 bridgehead atoms. The molecule has 4 rings (SSSR count). The van der Waals surface area contributed by atoms with Crippen molar-refractivity contribution in [2.45, 2.75) is 26.8 Å². The normalized spacial score (nSPS) is 10.6. The number of nitrogen functional groups attached to an aromatic ring is 2. The van der Waals surface area contributed by atoms with Crippen LogP contribution in [0.15, 0.2) is 42.6 Å². The molecule has 11 heteroatoms. The summed E-state index contributed by atoms with van der Waals surface area (Å²) in [7, 11) is 3.03. The van der Waals surface area contributed by atoms with E-state index in [1.54, 1.807) is 18.3 Å². The van der Waals surface area contributed by atoms with Crippen molar-refractivity contribution in [1.82, 2.24) is 15.0 Å². The zero-order valence-electron chi connectivity index (χ0n) is 21.8. The second-order valence-electron chi connectivity index (χ2n) is 8.10. The Bertz CT molecular complexity index is 1350. The molecule has 0 saturated carbocycles. The largest absolute Gasteiger partial charge is 0.495 e. The molecule has 0 radical (unpaired) electrons.